The van der Waals surface area contributed by atoms with Crippen LogP contribution in [0.3, 0.4) is 0 Å². The van der Waals surface area contributed by atoms with E-state index in [1.807, 2.05) is 24.3 Å². The van der Waals surface area contributed by atoms with Crippen molar-refractivity contribution in [3.8, 4) is 6.07 Å². The molecule has 0 heterocycles. The van der Waals surface area contributed by atoms with Gasteiger partial charge in [-0.2, -0.15) is 5.26 Å². The molecule has 1 saturated carbocycles. The molecule has 0 saturated heterocycles. The highest BCUT2D eigenvalue weighted by atomic mass is 16.5. The van der Waals surface area contributed by atoms with Crippen LogP contribution in [0.5, 0.6) is 0 Å². The second-order valence-electron chi connectivity index (χ2n) is 5.41. The highest BCUT2D eigenvalue weighted by Crippen LogP contribution is 2.45. The van der Waals surface area contributed by atoms with Crippen LogP contribution in [-0.2, 0) is 11.3 Å². The summed E-state index contributed by atoms with van der Waals surface area (Å²) in [6, 6.07) is 10.1. The van der Waals surface area contributed by atoms with Crippen LogP contribution in [0.15, 0.2) is 24.3 Å². The zero-order valence-corrected chi connectivity index (χ0v) is 11.4. The van der Waals surface area contributed by atoms with Crippen molar-refractivity contribution < 1.29 is 9.84 Å². The Kier molecular flexibility index (Phi) is 4.57. The van der Waals surface area contributed by atoms with E-state index in [0.717, 1.165) is 36.8 Å². The van der Waals surface area contributed by atoms with Gasteiger partial charge >= 0.3 is 0 Å². The van der Waals surface area contributed by atoms with Crippen LogP contribution in [0, 0.1) is 16.7 Å². The van der Waals surface area contributed by atoms with Crippen molar-refractivity contribution in [1.29, 1.82) is 5.26 Å². The zero-order chi connectivity index (χ0) is 13.7. The molecular formula is C16H21NO2. The molecule has 0 aromatic heterocycles. The minimum Gasteiger partial charge on any atom is -0.387 e. The number of methoxy groups -OCH3 is 1. The molecule has 1 N–H and O–H groups in total. The van der Waals surface area contributed by atoms with Gasteiger partial charge in [0, 0.05) is 7.11 Å². The molecule has 2 rings (SSSR count). The van der Waals surface area contributed by atoms with E-state index < -0.39 is 11.5 Å². The normalized spacial score (nSPS) is 19.6. The van der Waals surface area contributed by atoms with Gasteiger partial charge in [0.2, 0.25) is 0 Å². The number of ether oxygens (including phenoxy) is 1. The molecule has 1 aromatic rings. The van der Waals surface area contributed by atoms with Gasteiger partial charge in [0.05, 0.1) is 24.2 Å². The van der Waals surface area contributed by atoms with Crippen molar-refractivity contribution in [3.05, 3.63) is 35.4 Å². The zero-order valence-electron chi connectivity index (χ0n) is 11.4. The van der Waals surface area contributed by atoms with E-state index in [4.69, 9.17) is 4.74 Å². The van der Waals surface area contributed by atoms with E-state index in [2.05, 4.69) is 6.07 Å². The van der Waals surface area contributed by atoms with Crippen LogP contribution < -0.4 is 0 Å². The Hall–Kier alpha value is -1.37. The van der Waals surface area contributed by atoms with E-state index in [9.17, 15) is 10.4 Å². The Labute approximate surface area is 114 Å². The SMILES string of the molecule is COCc1ccc(C(O)C2(C#N)CCCCC2)cc1. The lowest BCUT2D eigenvalue weighted by Gasteiger charge is -2.35. The van der Waals surface area contributed by atoms with E-state index >= 15 is 0 Å². The molecule has 1 atom stereocenters. The third-order valence-corrected chi connectivity index (χ3v) is 4.10. The minimum absolute atomic E-state index is 0.569. The Balaban J connectivity index is 2.17. The summed E-state index contributed by atoms with van der Waals surface area (Å²) >= 11 is 0. The van der Waals surface area contributed by atoms with Crippen LogP contribution in [0.2, 0.25) is 0 Å². The van der Waals surface area contributed by atoms with Crippen molar-refractivity contribution in [3.63, 3.8) is 0 Å². The average molecular weight is 259 g/mol. The second kappa shape index (κ2) is 6.18. The van der Waals surface area contributed by atoms with E-state index in [1.54, 1.807) is 7.11 Å². The number of rotatable bonds is 4. The molecule has 1 aromatic carbocycles. The Morgan fingerprint density at radius 3 is 2.42 bits per heavy atom. The van der Waals surface area contributed by atoms with Crippen LogP contribution in [0.4, 0.5) is 0 Å². The molecule has 1 aliphatic rings. The molecule has 1 aliphatic carbocycles. The van der Waals surface area contributed by atoms with Crippen molar-refractivity contribution >= 4 is 0 Å². The van der Waals surface area contributed by atoms with Gasteiger partial charge in [0.1, 0.15) is 0 Å². The Bertz CT molecular complexity index is 441. The van der Waals surface area contributed by atoms with Gasteiger partial charge in [-0.25, -0.2) is 0 Å². The first-order valence-corrected chi connectivity index (χ1v) is 6.89. The Morgan fingerprint density at radius 2 is 1.89 bits per heavy atom. The molecule has 19 heavy (non-hydrogen) atoms. The fraction of sp³-hybridized carbons (Fsp3) is 0.562. The third-order valence-electron chi connectivity index (χ3n) is 4.10. The number of benzene rings is 1. The maximum atomic E-state index is 10.6. The quantitative estimate of drug-likeness (QED) is 0.902. The smallest absolute Gasteiger partial charge is 0.0976 e. The second-order valence-corrected chi connectivity index (χ2v) is 5.41. The molecule has 0 amide bonds. The van der Waals surface area contributed by atoms with Crippen LogP contribution in [0.1, 0.15) is 49.3 Å². The lowest BCUT2D eigenvalue weighted by Crippen LogP contribution is -2.30. The fourth-order valence-electron chi connectivity index (χ4n) is 2.91. The maximum Gasteiger partial charge on any atom is 0.0976 e. The summed E-state index contributed by atoms with van der Waals surface area (Å²) in [6.07, 6.45) is 4.14. The van der Waals surface area contributed by atoms with Crippen molar-refractivity contribution in [2.24, 2.45) is 5.41 Å². The van der Waals surface area contributed by atoms with Gasteiger partial charge in [0.15, 0.2) is 0 Å². The minimum atomic E-state index is -0.686. The van der Waals surface area contributed by atoms with Gasteiger partial charge in [-0.05, 0) is 24.0 Å². The first kappa shape index (κ1) is 14.0. The number of hydrogen-bond donors (Lipinski definition) is 1. The summed E-state index contributed by atoms with van der Waals surface area (Å²) in [5.74, 6) is 0. The lowest BCUT2D eigenvalue weighted by atomic mass is 9.69. The summed E-state index contributed by atoms with van der Waals surface area (Å²) in [5.41, 5.74) is 1.32. The number of nitrogens with zero attached hydrogens (tertiary/aromatic N) is 1. The summed E-state index contributed by atoms with van der Waals surface area (Å²) in [5, 5.41) is 20.0. The van der Waals surface area contributed by atoms with Crippen molar-refractivity contribution in [1.82, 2.24) is 0 Å². The molecule has 0 aliphatic heterocycles. The highest BCUT2D eigenvalue weighted by Gasteiger charge is 2.40. The van der Waals surface area contributed by atoms with Gasteiger partial charge in [-0.1, -0.05) is 43.5 Å². The van der Waals surface area contributed by atoms with Gasteiger partial charge in [-0.15, -0.1) is 0 Å². The molecule has 0 radical (unpaired) electrons. The summed E-state index contributed by atoms with van der Waals surface area (Å²) in [7, 11) is 1.66. The van der Waals surface area contributed by atoms with Gasteiger partial charge < -0.3 is 9.84 Å². The number of aliphatic hydroxyl groups excluding tert-OH is 1. The molecule has 3 heteroatoms. The predicted octanol–water partition coefficient (Wildman–Crippen LogP) is 3.34. The first-order valence-electron chi connectivity index (χ1n) is 6.89. The number of nitriles is 1. The summed E-state index contributed by atoms with van der Waals surface area (Å²) in [6.45, 7) is 0.569. The van der Waals surface area contributed by atoms with E-state index in [0.29, 0.717) is 6.61 Å². The average Bonchev–Trinajstić information content (AvgIpc) is 2.48. The van der Waals surface area contributed by atoms with Gasteiger partial charge in [0.25, 0.3) is 0 Å². The van der Waals surface area contributed by atoms with Crippen LogP contribution >= 0.6 is 0 Å². The van der Waals surface area contributed by atoms with Crippen molar-refractivity contribution in [2.75, 3.05) is 7.11 Å². The molecule has 1 unspecified atom stereocenters. The summed E-state index contributed by atoms with van der Waals surface area (Å²) < 4.78 is 5.07. The predicted molar refractivity (Wildman–Crippen MR) is 73.2 cm³/mol. The van der Waals surface area contributed by atoms with Crippen LogP contribution in [-0.4, -0.2) is 12.2 Å². The molecular weight excluding hydrogens is 238 g/mol. The fourth-order valence-corrected chi connectivity index (χ4v) is 2.91. The molecule has 0 spiro atoms. The highest BCUT2D eigenvalue weighted by molar-refractivity contribution is 5.27. The molecule has 3 nitrogen and oxygen atoms in total. The van der Waals surface area contributed by atoms with Crippen molar-refractivity contribution in [2.45, 2.75) is 44.8 Å². The van der Waals surface area contributed by atoms with E-state index in [-0.39, 0.29) is 0 Å². The molecule has 1 fully saturated rings. The third kappa shape index (κ3) is 2.97. The Morgan fingerprint density at radius 1 is 1.26 bits per heavy atom. The standard InChI is InChI=1S/C16H21NO2/c1-19-11-13-5-7-14(8-6-13)15(18)16(12-17)9-3-2-4-10-16/h5-8,15,18H,2-4,9-11H2,1H3. The first-order chi connectivity index (χ1) is 9.22. The van der Waals surface area contributed by atoms with E-state index in [1.165, 1.54) is 6.42 Å². The summed E-state index contributed by atoms with van der Waals surface area (Å²) in [4.78, 5) is 0. The van der Waals surface area contributed by atoms with Crippen LogP contribution in [0.25, 0.3) is 0 Å². The molecule has 102 valence electrons. The largest absolute Gasteiger partial charge is 0.387 e. The lowest BCUT2D eigenvalue weighted by molar-refractivity contribution is 0.0359. The topological polar surface area (TPSA) is 53.2 Å². The van der Waals surface area contributed by atoms with Gasteiger partial charge in [-0.3, -0.25) is 0 Å². The number of aliphatic hydroxyl groups is 1. The maximum absolute atomic E-state index is 10.6. The monoisotopic (exact) mass is 259 g/mol. The number of hydrogen-bond acceptors (Lipinski definition) is 3. The molecule has 0 bridgehead atoms.